The van der Waals surface area contributed by atoms with Gasteiger partial charge in [0.1, 0.15) is 12.2 Å². The van der Waals surface area contributed by atoms with E-state index in [4.69, 9.17) is 39.1 Å². The van der Waals surface area contributed by atoms with Crippen molar-refractivity contribution in [3.05, 3.63) is 69.7 Å². The molecule has 0 saturated carbocycles. The van der Waals surface area contributed by atoms with E-state index in [-0.39, 0.29) is 27.9 Å². The Bertz CT molecular complexity index is 1230. The first-order valence-corrected chi connectivity index (χ1v) is 10.3. The number of rotatable bonds is 7. The summed E-state index contributed by atoms with van der Waals surface area (Å²) in [5.74, 6) is 1.53. The number of benzene rings is 2. The maximum atomic E-state index is 13.1. The standard InChI is InChI=1S/C24H18Cl2N2O5/c1-4-6-15-10-14(12-20(32-3)21(15)33-9-5-2)11-17-22(29)27-24(31)28(23(17)30)16-7-8-18(25)19(26)13-16/h2,4,7-8,10-13H,1,6,9H2,3H3,(H,27,29,31)/b17-11+. The SMILES string of the molecule is C#CCOc1c(CC=C)cc(/C=C2\C(=O)NC(=O)N(c3ccc(Cl)c(Cl)c3)C2=O)cc1OC. The lowest BCUT2D eigenvalue weighted by Crippen LogP contribution is -2.54. The van der Waals surface area contributed by atoms with E-state index < -0.39 is 17.8 Å². The van der Waals surface area contributed by atoms with Gasteiger partial charge in [-0.2, -0.15) is 0 Å². The van der Waals surface area contributed by atoms with Crippen molar-refractivity contribution in [1.29, 1.82) is 0 Å². The van der Waals surface area contributed by atoms with Gasteiger partial charge in [-0.05, 0) is 48.4 Å². The third kappa shape index (κ3) is 5.03. The summed E-state index contributed by atoms with van der Waals surface area (Å²) < 4.78 is 11.0. The first kappa shape index (κ1) is 23.9. The molecule has 1 fully saturated rings. The van der Waals surface area contributed by atoms with Crippen molar-refractivity contribution in [3.63, 3.8) is 0 Å². The van der Waals surface area contributed by atoms with Gasteiger partial charge < -0.3 is 9.47 Å². The van der Waals surface area contributed by atoms with Crippen LogP contribution in [-0.4, -0.2) is 31.6 Å². The van der Waals surface area contributed by atoms with E-state index in [1.807, 2.05) is 0 Å². The molecular formula is C24H18Cl2N2O5. The largest absolute Gasteiger partial charge is 0.493 e. The number of imide groups is 2. The topological polar surface area (TPSA) is 84.9 Å². The molecule has 0 bridgehead atoms. The van der Waals surface area contributed by atoms with Gasteiger partial charge in [0.2, 0.25) is 0 Å². The Kier molecular flexibility index (Phi) is 7.44. The first-order valence-electron chi connectivity index (χ1n) is 9.55. The number of anilines is 1. The molecule has 1 aliphatic heterocycles. The Balaban J connectivity index is 2.07. The molecule has 1 N–H and O–H groups in total. The van der Waals surface area contributed by atoms with Crippen LogP contribution in [0, 0.1) is 12.3 Å². The molecule has 3 rings (SSSR count). The lowest BCUT2D eigenvalue weighted by atomic mass is 10.0. The molecule has 0 aromatic heterocycles. The number of halogens is 2. The molecule has 33 heavy (non-hydrogen) atoms. The fourth-order valence-electron chi connectivity index (χ4n) is 3.19. The Morgan fingerprint density at radius 3 is 2.58 bits per heavy atom. The molecule has 0 aliphatic carbocycles. The lowest BCUT2D eigenvalue weighted by Gasteiger charge is -2.26. The van der Waals surface area contributed by atoms with Crippen molar-refractivity contribution in [3.8, 4) is 23.8 Å². The number of urea groups is 1. The van der Waals surface area contributed by atoms with E-state index in [0.29, 0.717) is 29.0 Å². The van der Waals surface area contributed by atoms with E-state index >= 15 is 0 Å². The van der Waals surface area contributed by atoms with E-state index in [9.17, 15) is 14.4 Å². The highest BCUT2D eigenvalue weighted by Crippen LogP contribution is 2.35. The summed E-state index contributed by atoms with van der Waals surface area (Å²) in [6.07, 6.45) is 8.73. The predicted octanol–water partition coefficient (Wildman–Crippen LogP) is 4.41. The van der Waals surface area contributed by atoms with E-state index in [1.54, 1.807) is 18.2 Å². The van der Waals surface area contributed by atoms with Gasteiger partial charge in [0.05, 0.1) is 22.8 Å². The Morgan fingerprint density at radius 2 is 1.94 bits per heavy atom. The fraction of sp³-hybridized carbons (Fsp3) is 0.125. The molecule has 7 nitrogen and oxygen atoms in total. The lowest BCUT2D eigenvalue weighted by molar-refractivity contribution is -0.122. The number of allylic oxidation sites excluding steroid dienone is 1. The average Bonchev–Trinajstić information content (AvgIpc) is 2.78. The third-order valence-electron chi connectivity index (χ3n) is 4.61. The van der Waals surface area contributed by atoms with Crippen molar-refractivity contribution >= 4 is 52.8 Å². The normalized spacial score (nSPS) is 14.7. The van der Waals surface area contributed by atoms with E-state index in [1.165, 1.54) is 31.4 Å². The van der Waals surface area contributed by atoms with Crippen LogP contribution in [0.5, 0.6) is 11.5 Å². The van der Waals surface area contributed by atoms with Gasteiger partial charge >= 0.3 is 6.03 Å². The molecule has 4 amide bonds. The zero-order valence-corrected chi connectivity index (χ0v) is 19.0. The molecule has 168 valence electrons. The number of methoxy groups -OCH3 is 1. The zero-order valence-electron chi connectivity index (χ0n) is 17.5. The average molecular weight is 485 g/mol. The number of hydrogen-bond acceptors (Lipinski definition) is 5. The number of terminal acetylenes is 1. The molecule has 0 atom stereocenters. The minimum Gasteiger partial charge on any atom is -0.493 e. The number of hydrogen-bond donors (Lipinski definition) is 1. The predicted molar refractivity (Wildman–Crippen MR) is 127 cm³/mol. The number of ether oxygens (including phenoxy) is 2. The van der Waals surface area contributed by atoms with Crippen molar-refractivity contribution in [2.75, 3.05) is 18.6 Å². The summed E-state index contributed by atoms with van der Waals surface area (Å²) >= 11 is 11.9. The molecule has 0 spiro atoms. The van der Waals surface area contributed by atoms with Gasteiger partial charge in [-0.25, -0.2) is 9.69 Å². The highest BCUT2D eigenvalue weighted by atomic mass is 35.5. The van der Waals surface area contributed by atoms with E-state index in [0.717, 1.165) is 4.90 Å². The van der Waals surface area contributed by atoms with Gasteiger partial charge in [0.25, 0.3) is 11.8 Å². The molecule has 1 saturated heterocycles. The Labute approximate surface area is 200 Å². The number of barbiturate groups is 1. The van der Waals surface area contributed by atoms with Crippen LogP contribution in [0.25, 0.3) is 6.08 Å². The summed E-state index contributed by atoms with van der Waals surface area (Å²) in [6.45, 7) is 3.76. The van der Waals surface area contributed by atoms with E-state index in [2.05, 4.69) is 17.8 Å². The van der Waals surface area contributed by atoms with Crippen LogP contribution in [0.1, 0.15) is 11.1 Å². The monoisotopic (exact) mass is 484 g/mol. The van der Waals surface area contributed by atoms with Gasteiger partial charge in [-0.15, -0.1) is 13.0 Å². The smallest absolute Gasteiger partial charge is 0.335 e. The van der Waals surface area contributed by atoms with Crippen LogP contribution in [0.3, 0.4) is 0 Å². The highest BCUT2D eigenvalue weighted by molar-refractivity contribution is 6.43. The van der Waals surface area contributed by atoms with Crippen molar-refractivity contribution in [1.82, 2.24) is 5.32 Å². The van der Waals surface area contributed by atoms with Crippen LogP contribution in [-0.2, 0) is 16.0 Å². The molecule has 9 heteroatoms. The van der Waals surface area contributed by atoms with Crippen molar-refractivity contribution in [2.24, 2.45) is 0 Å². The van der Waals surface area contributed by atoms with Crippen LogP contribution >= 0.6 is 23.2 Å². The summed E-state index contributed by atoms with van der Waals surface area (Å²) in [4.78, 5) is 38.8. The Morgan fingerprint density at radius 1 is 1.18 bits per heavy atom. The number of carbonyl (C=O) groups is 3. The van der Waals surface area contributed by atoms with Gasteiger partial charge in [0.15, 0.2) is 11.5 Å². The summed E-state index contributed by atoms with van der Waals surface area (Å²) in [5, 5.41) is 2.57. The second-order valence-electron chi connectivity index (χ2n) is 6.75. The van der Waals surface area contributed by atoms with Gasteiger partial charge in [-0.3, -0.25) is 14.9 Å². The molecule has 1 aliphatic rings. The minimum atomic E-state index is -0.900. The molecule has 0 radical (unpaired) electrons. The van der Waals surface area contributed by atoms with Crippen molar-refractivity contribution < 1.29 is 23.9 Å². The summed E-state index contributed by atoms with van der Waals surface area (Å²) in [5.41, 5.74) is 1.06. The maximum absolute atomic E-state index is 13.1. The number of amides is 4. The second kappa shape index (κ2) is 10.3. The Hall–Kier alpha value is -3.73. The fourth-order valence-corrected chi connectivity index (χ4v) is 3.48. The summed E-state index contributed by atoms with van der Waals surface area (Å²) in [7, 11) is 1.45. The van der Waals surface area contributed by atoms with Crippen LogP contribution in [0.2, 0.25) is 10.0 Å². The quantitative estimate of drug-likeness (QED) is 0.272. The van der Waals surface area contributed by atoms with Crippen molar-refractivity contribution in [2.45, 2.75) is 6.42 Å². The molecule has 2 aromatic carbocycles. The van der Waals surface area contributed by atoms with Crippen LogP contribution < -0.4 is 19.7 Å². The van der Waals surface area contributed by atoms with Gasteiger partial charge in [-0.1, -0.05) is 35.2 Å². The van der Waals surface area contributed by atoms with Gasteiger partial charge in [0, 0.05) is 5.56 Å². The molecular weight excluding hydrogens is 467 g/mol. The number of nitrogens with zero attached hydrogens (tertiary/aromatic N) is 1. The summed E-state index contributed by atoms with van der Waals surface area (Å²) in [6, 6.07) is 6.65. The molecule has 2 aromatic rings. The molecule has 0 unspecified atom stereocenters. The minimum absolute atomic E-state index is 0.0303. The zero-order chi connectivity index (χ0) is 24.1. The number of nitrogens with one attached hydrogen (secondary N) is 1. The molecule has 1 heterocycles. The number of carbonyl (C=O) groups excluding carboxylic acids is 3. The van der Waals surface area contributed by atoms with Crippen LogP contribution in [0.15, 0.2) is 48.6 Å². The second-order valence-corrected chi connectivity index (χ2v) is 7.57. The van der Waals surface area contributed by atoms with Crippen LogP contribution in [0.4, 0.5) is 10.5 Å². The first-order chi connectivity index (χ1) is 15.8. The maximum Gasteiger partial charge on any atom is 0.335 e. The highest BCUT2D eigenvalue weighted by Gasteiger charge is 2.37. The third-order valence-corrected chi connectivity index (χ3v) is 5.35.